The molecule has 0 aliphatic carbocycles. The Balaban J connectivity index is 0.00000200. The normalized spacial score (nSPS) is 19.8. The van der Waals surface area contributed by atoms with Gasteiger partial charge in [0.1, 0.15) is 6.10 Å². The van der Waals surface area contributed by atoms with Crippen LogP contribution in [0.3, 0.4) is 0 Å². The molecule has 0 bridgehead atoms. The number of nitrogens with one attached hydrogen (secondary N) is 2. The topological polar surface area (TPSA) is 50.4 Å². The fourth-order valence-corrected chi connectivity index (χ4v) is 2.58. The van der Waals surface area contributed by atoms with Crippen LogP contribution in [0.2, 0.25) is 0 Å². The zero-order valence-electron chi connectivity index (χ0n) is 11.4. The summed E-state index contributed by atoms with van der Waals surface area (Å²) in [4.78, 5) is 12.0. The number of carbonyl (C=O) groups is 1. The van der Waals surface area contributed by atoms with Crippen molar-refractivity contribution in [1.82, 2.24) is 10.6 Å². The molecule has 0 spiro atoms. The van der Waals surface area contributed by atoms with Crippen molar-refractivity contribution in [1.29, 1.82) is 0 Å². The number of amides is 1. The fraction of sp³-hybridized carbons (Fsp3) is 0.500. The van der Waals surface area contributed by atoms with Crippen molar-refractivity contribution < 1.29 is 9.53 Å². The van der Waals surface area contributed by atoms with Gasteiger partial charge in [-0.15, -0.1) is 12.4 Å². The molecule has 0 aromatic heterocycles. The van der Waals surface area contributed by atoms with Gasteiger partial charge in [-0.2, -0.15) is 0 Å². The van der Waals surface area contributed by atoms with Gasteiger partial charge in [0, 0.05) is 23.6 Å². The Kier molecular flexibility index (Phi) is 7.51. The maximum absolute atomic E-state index is 12.0. The van der Waals surface area contributed by atoms with E-state index in [1.165, 1.54) is 5.56 Å². The van der Waals surface area contributed by atoms with E-state index in [2.05, 4.69) is 38.7 Å². The van der Waals surface area contributed by atoms with Crippen molar-refractivity contribution in [3.63, 3.8) is 0 Å². The zero-order valence-corrected chi connectivity index (χ0v) is 13.8. The van der Waals surface area contributed by atoms with Gasteiger partial charge in [0.25, 0.3) is 5.91 Å². The molecule has 2 atom stereocenters. The zero-order chi connectivity index (χ0) is 13.7. The van der Waals surface area contributed by atoms with Crippen LogP contribution >= 0.6 is 28.3 Å². The third-order valence-electron chi connectivity index (χ3n) is 3.04. The third kappa shape index (κ3) is 5.40. The molecule has 112 valence electrons. The standard InChI is InChI=1S/C14H19BrN2O2.ClH/c1-10(7-11-3-2-4-12(15)8-11)17-14(18)13-9-16-5-6-19-13;/h2-4,8,10,13,16H,5-7,9H2,1H3,(H,17,18);1H. The maximum Gasteiger partial charge on any atom is 0.250 e. The Bertz CT molecular complexity index is 439. The Hall–Kier alpha value is -0.620. The van der Waals surface area contributed by atoms with Crippen LogP contribution in [0.15, 0.2) is 28.7 Å². The van der Waals surface area contributed by atoms with Crippen LogP contribution < -0.4 is 10.6 Å². The quantitative estimate of drug-likeness (QED) is 0.859. The molecule has 1 aliphatic rings. The second kappa shape index (κ2) is 8.62. The minimum atomic E-state index is -0.362. The van der Waals surface area contributed by atoms with E-state index in [0.717, 1.165) is 17.4 Å². The SMILES string of the molecule is CC(Cc1cccc(Br)c1)NC(=O)C1CNCCO1.Cl. The third-order valence-corrected chi connectivity index (χ3v) is 3.53. The summed E-state index contributed by atoms with van der Waals surface area (Å²) in [6.45, 7) is 4.01. The monoisotopic (exact) mass is 362 g/mol. The second-order valence-electron chi connectivity index (χ2n) is 4.81. The van der Waals surface area contributed by atoms with Crippen molar-refractivity contribution >= 4 is 34.2 Å². The predicted octanol–water partition coefficient (Wildman–Crippen LogP) is 1.91. The van der Waals surface area contributed by atoms with Crippen LogP contribution in [0, 0.1) is 0 Å². The first-order valence-electron chi connectivity index (χ1n) is 6.52. The van der Waals surface area contributed by atoms with Crippen molar-refractivity contribution in [2.75, 3.05) is 19.7 Å². The molecule has 1 fully saturated rings. The van der Waals surface area contributed by atoms with Crippen LogP contribution in [-0.2, 0) is 16.0 Å². The highest BCUT2D eigenvalue weighted by Crippen LogP contribution is 2.13. The van der Waals surface area contributed by atoms with Crippen molar-refractivity contribution in [3.8, 4) is 0 Å². The summed E-state index contributed by atoms with van der Waals surface area (Å²) in [6, 6.07) is 8.22. The number of ether oxygens (including phenoxy) is 1. The van der Waals surface area contributed by atoms with Crippen LogP contribution in [0.1, 0.15) is 12.5 Å². The number of hydrogen-bond donors (Lipinski definition) is 2. The molecule has 2 rings (SSSR count). The van der Waals surface area contributed by atoms with Crippen LogP contribution in [0.25, 0.3) is 0 Å². The van der Waals surface area contributed by atoms with Gasteiger partial charge >= 0.3 is 0 Å². The highest BCUT2D eigenvalue weighted by Gasteiger charge is 2.22. The van der Waals surface area contributed by atoms with E-state index in [9.17, 15) is 4.79 Å². The first kappa shape index (κ1) is 17.4. The Morgan fingerprint density at radius 2 is 2.40 bits per heavy atom. The van der Waals surface area contributed by atoms with Crippen LogP contribution in [0.5, 0.6) is 0 Å². The largest absolute Gasteiger partial charge is 0.366 e. The van der Waals surface area contributed by atoms with E-state index in [0.29, 0.717) is 13.2 Å². The fourth-order valence-electron chi connectivity index (χ4n) is 2.14. The summed E-state index contributed by atoms with van der Waals surface area (Å²) in [5.74, 6) is -0.0327. The van der Waals surface area contributed by atoms with Gasteiger partial charge in [-0.3, -0.25) is 4.79 Å². The molecule has 20 heavy (non-hydrogen) atoms. The summed E-state index contributed by atoms with van der Waals surface area (Å²) >= 11 is 3.45. The van der Waals surface area contributed by atoms with Crippen molar-refractivity contribution in [2.24, 2.45) is 0 Å². The molecule has 1 aromatic rings. The molecule has 0 saturated carbocycles. The Morgan fingerprint density at radius 1 is 1.60 bits per heavy atom. The molecular formula is C14H20BrClN2O2. The highest BCUT2D eigenvalue weighted by atomic mass is 79.9. The molecular weight excluding hydrogens is 344 g/mol. The van der Waals surface area contributed by atoms with E-state index in [-0.39, 0.29) is 30.5 Å². The lowest BCUT2D eigenvalue weighted by Gasteiger charge is -2.24. The minimum absolute atomic E-state index is 0. The smallest absolute Gasteiger partial charge is 0.250 e. The lowest BCUT2D eigenvalue weighted by atomic mass is 10.1. The number of rotatable bonds is 4. The van der Waals surface area contributed by atoms with Gasteiger partial charge < -0.3 is 15.4 Å². The number of benzene rings is 1. The van der Waals surface area contributed by atoms with Crippen molar-refractivity contribution in [2.45, 2.75) is 25.5 Å². The van der Waals surface area contributed by atoms with Gasteiger partial charge in [-0.25, -0.2) is 0 Å². The van der Waals surface area contributed by atoms with Crippen molar-refractivity contribution in [3.05, 3.63) is 34.3 Å². The lowest BCUT2D eigenvalue weighted by Crippen LogP contribution is -2.50. The summed E-state index contributed by atoms with van der Waals surface area (Å²) < 4.78 is 6.49. The summed E-state index contributed by atoms with van der Waals surface area (Å²) in [7, 11) is 0. The second-order valence-corrected chi connectivity index (χ2v) is 5.72. The molecule has 0 radical (unpaired) electrons. The molecule has 1 amide bonds. The van der Waals surface area contributed by atoms with Crippen LogP contribution in [-0.4, -0.2) is 37.7 Å². The molecule has 1 saturated heterocycles. The highest BCUT2D eigenvalue weighted by molar-refractivity contribution is 9.10. The first-order chi connectivity index (χ1) is 9.15. The number of hydrogen-bond acceptors (Lipinski definition) is 3. The van der Waals surface area contributed by atoms with E-state index in [1.54, 1.807) is 0 Å². The summed E-state index contributed by atoms with van der Waals surface area (Å²) in [6.07, 6.45) is 0.449. The predicted molar refractivity (Wildman–Crippen MR) is 85.3 cm³/mol. The summed E-state index contributed by atoms with van der Waals surface area (Å²) in [5, 5.41) is 6.15. The average molecular weight is 364 g/mol. The molecule has 6 heteroatoms. The minimum Gasteiger partial charge on any atom is -0.366 e. The number of carbonyl (C=O) groups excluding carboxylic acids is 1. The molecule has 1 heterocycles. The Morgan fingerprint density at radius 3 is 3.05 bits per heavy atom. The van der Waals surface area contributed by atoms with Gasteiger partial charge in [0.05, 0.1) is 6.61 Å². The molecule has 2 N–H and O–H groups in total. The van der Waals surface area contributed by atoms with Crippen LogP contribution in [0.4, 0.5) is 0 Å². The molecule has 1 aromatic carbocycles. The maximum atomic E-state index is 12.0. The van der Waals surface area contributed by atoms with Gasteiger partial charge in [-0.05, 0) is 31.0 Å². The molecule has 4 nitrogen and oxygen atoms in total. The lowest BCUT2D eigenvalue weighted by molar-refractivity contribution is -0.134. The van der Waals surface area contributed by atoms with E-state index < -0.39 is 0 Å². The molecule has 2 unspecified atom stereocenters. The molecule has 1 aliphatic heterocycles. The first-order valence-corrected chi connectivity index (χ1v) is 7.31. The van der Waals surface area contributed by atoms with Gasteiger partial charge in [-0.1, -0.05) is 28.1 Å². The van der Waals surface area contributed by atoms with Gasteiger partial charge in [0.2, 0.25) is 0 Å². The Labute approximate surface area is 134 Å². The van der Waals surface area contributed by atoms with Gasteiger partial charge in [0.15, 0.2) is 0 Å². The van der Waals surface area contributed by atoms with E-state index in [1.807, 2.05) is 19.1 Å². The summed E-state index contributed by atoms with van der Waals surface area (Å²) in [5.41, 5.74) is 1.20. The number of morpholine rings is 1. The number of halogens is 2. The van der Waals surface area contributed by atoms with E-state index >= 15 is 0 Å². The average Bonchev–Trinajstić information content (AvgIpc) is 2.39. The van der Waals surface area contributed by atoms with E-state index in [4.69, 9.17) is 4.74 Å².